The summed E-state index contributed by atoms with van der Waals surface area (Å²) in [5.41, 5.74) is 7.50. The molecule has 0 radical (unpaired) electrons. The van der Waals surface area contributed by atoms with Gasteiger partial charge in [0.25, 0.3) is 26.1 Å². The highest BCUT2D eigenvalue weighted by molar-refractivity contribution is 7.86. The quantitative estimate of drug-likeness (QED) is 0.136. The van der Waals surface area contributed by atoms with Crippen LogP contribution in [0.25, 0.3) is 0 Å². The Morgan fingerprint density at radius 1 is 0.700 bits per heavy atom. The molecule has 0 fully saturated rings. The first-order valence-corrected chi connectivity index (χ1v) is 18.8. The van der Waals surface area contributed by atoms with Crippen LogP contribution < -0.4 is 10.1 Å². The van der Waals surface area contributed by atoms with Gasteiger partial charge in [-0.25, -0.2) is 0 Å². The van der Waals surface area contributed by atoms with Crippen LogP contribution in [-0.4, -0.2) is 43.8 Å². The zero-order chi connectivity index (χ0) is 35.5. The van der Waals surface area contributed by atoms with Crippen molar-refractivity contribution >= 4 is 26.1 Å². The van der Waals surface area contributed by atoms with Gasteiger partial charge in [0, 0.05) is 19.6 Å². The van der Waals surface area contributed by atoms with E-state index in [4.69, 9.17) is 4.74 Å². The van der Waals surface area contributed by atoms with E-state index in [1.807, 2.05) is 61.6 Å². The smallest absolute Gasteiger partial charge is 0.294 e. The van der Waals surface area contributed by atoms with Crippen molar-refractivity contribution in [1.82, 2.24) is 10.2 Å². The van der Waals surface area contributed by atoms with Gasteiger partial charge in [-0.3, -0.25) is 13.9 Å². The van der Waals surface area contributed by atoms with E-state index in [1.54, 1.807) is 29.2 Å². The Labute approximate surface area is 291 Å². The third-order valence-corrected chi connectivity index (χ3v) is 10.4. The van der Waals surface area contributed by atoms with Crippen LogP contribution in [0.3, 0.4) is 0 Å². The standard InChI is InChI=1S/C38H36N2O8S2/c1-39-22-30-8-5-9-31-23-40(24-35(30)31)38(41)37-32(19-27-12-16-34(17-13-27)50(45,46)47)20-29(18-26-10-14-33(15-11-26)49(42,43)44)21-36(37)48-25-28-6-3-2-4-7-28/h2-17,20-21,39H,18-19,22-25H2,1H3,(H,42,43,44)(H,45,46,47). The van der Waals surface area contributed by atoms with Gasteiger partial charge in [-0.1, -0.05) is 78.9 Å². The normalized spacial score (nSPS) is 12.9. The molecule has 12 heteroatoms. The second kappa shape index (κ2) is 14.6. The first-order valence-electron chi connectivity index (χ1n) is 15.9. The number of ether oxygens (including phenoxy) is 1. The van der Waals surface area contributed by atoms with Gasteiger partial charge in [0.1, 0.15) is 12.4 Å². The van der Waals surface area contributed by atoms with Gasteiger partial charge in [0.2, 0.25) is 0 Å². The summed E-state index contributed by atoms with van der Waals surface area (Å²) >= 11 is 0. The number of nitrogens with one attached hydrogen (secondary N) is 1. The van der Waals surface area contributed by atoms with E-state index in [9.17, 15) is 30.7 Å². The number of rotatable bonds is 12. The summed E-state index contributed by atoms with van der Waals surface area (Å²) in [6.45, 7) is 1.72. The Kier molecular flexibility index (Phi) is 10.2. The predicted octanol–water partition coefficient (Wildman–Crippen LogP) is 5.82. The van der Waals surface area contributed by atoms with Crippen molar-refractivity contribution < 1.29 is 35.5 Å². The molecule has 0 bridgehead atoms. The fourth-order valence-corrected chi connectivity index (χ4v) is 7.19. The Hall–Kier alpha value is -4.85. The van der Waals surface area contributed by atoms with Crippen LogP contribution in [0.15, 0.2) is 119 Å². The molecular formula is C38H36N2O8S2. The van der Waals surface area contributed by atoms with Gasteiger partial charge in [-0.2, -0.15) is 16.8 Å². The summed E-state index contributed by atoms with van der Waals surface area (Å²) in [5.74, 6) is 0.162. The number of carbonyl (C=O) groups is 1. The zero-order valence-electron chi connectivity index (χ0n) is 27.2. The SMILES string of the molecule is CNCc1cccc2c1CN(C(=O)c1c(Cc3ccc(S(=O)(=O)O)cc3)cc(Cc3ccc(S(=O)(=O)O)cc3)cc1OCc1ccccc1)C2. The molecule has 0 aliphatic carbocycles. The minimum Gasteiger partial charge on any atom is -0.488 e. The van der Waals surface area contributed by atoms with Gasteiger partial charge in [-0.05, 0) is 94.7 Å². The van der Waals surface area contributed by atoms with Gasteiger partial charge in [-0.15, -0.1) is 0 Å². The van der Waals surface area contributed by atoms with Crippen molar-refractivity contribution in [2.75, 3.05) is 7.05 Å². The molecule has 1 aliphatic heterocycles. The lowest BCUT2D eigenvalue weighted by atomic mass is 9.93. The maximum absolute atomic E-state index is 14.7. The monoisotopic (exact) mass is 712 g/mol. The molecule has 50 heavy (non-hydrogen) atoms. The minimum atomic E-state index is -4.39. The number of nitrogens with zero attached hydrogens (tertiary/aromatic N) is 1. The third kappa shape index (κ3) is 8.12. The van der Waals surface area contributed by atoms with E-state index in [-0.39, 0.29) is 28.7 Å². The lowest BCUT2D eigenvalue weighted by molar-refractivity contribution is 0.0745. The zero-order valence-corrected chi connectivity index (χ0v) is 28.9. The molecule has 6 rings (SSSR count). The van der Waals surface area contributed by atoms with Crippen LogP contribution in [0, 0.1) is 0 Å². The molecule has 10 nitrogen and oxygen atoms in total. The van der Waals surface area contributed by atoms with E-state index in [0.717, 1.165) is 33.4 Å². The summed E-state index contributed by atoms with van der Waals surface area (Å²) in [6, 6.07) is 31.1. The molecule has 0 atom stereocenters. The molecule has 1 amide bonds. The number of fused-ring (bicyclic) bond motifs is 1. The maximum Gasteiger partial charge on any atom is 0.294 e. The van der Waals surface area contributed by atoms with Crippen LogP contribution in [-0.2, 0) is 59.3 Å². The van der Waals surface area contributed by atoms with Crippen molar-refractivity contribution in [2.45, 2.75) is 48.9 Å². The molecule has 1 heterocycles. The fourth-order valence-electron chi connectivity index (χ4n) is 6.23. The highest BCUT2D eigenvalue weighted by atomic mass is 32.2. The second-order valence-electron chi connectivity index (χ2n) is 12.2. The molecule has 258 valence electrons. The van der Waals surface area contributed by atoms with Crippen LogP contribution in [0.4, 0.5) is 0 Å². The predicted molar refractivity (Wildman–Crippen MR) is 188 cm³/mol. The molecule has 1 aliphatic rings. The van der Waals surface area contributed by atoms with Crippen molar-refractivity contribution in [2.24, 2.45) is 0 Å². The lowest BCUT2D eigenvalue weighted by Crippen LogP contribution is -2.27. The maximum atomic E-state index is 14.7. The van der Waals surface area contributed by atoms with E-state index in [1.165, 1.54) is 24.3 Å². The molecule has 3 N–H and O–H groups in total. The molecule has 0 unspecified atom stereocenters. The van der Waals surface area contributed by atoms with Crippen molar-refractivity contribution in [1.29, 1.82) is 0 Å². The summed E-state index contributed by atoms with van der Waals surface area (Å²) in [5, 5.41) is 3.20. The van der Waals surface area contributed by atoms with Gasteiger partial charge in [0.05, 0.1) is 15.4 Å². The molecular weight excluding hydrogens is 677 g/mol. The average molecular weight is 713 g/mol. The summed E-state index contributed by atoms with van der Waals surface area (Å²) < 4.78 is 72.1. The Morgan fingerprint density at radius 2 is 1.32 bits per heavy atom. The van der Waals surface area contributed by atoms with Crippen LogP contribution in [0.5, 0.6) is 5.75 Å². The Morgan fingerprint density at radius 3 is 1.92 bits per heavy atom. The first kappa shape index (κ1) is 35.0. The van der Waals surface area contributed by atoms with Crippen molar-refractivity contribution in [3.8, 4) is 5.75 Å². The van der Waals surface area contributed by atoms with Crippen LogP contribution in [0.2, 0.25) is 0 Å². The summed E-state index contributed by atoms with van der Waals surface area (Å²) in [6.07, 6.45) is 0.606. The van der Waals surface area contributed by atoms with Crippen molar-refractivity contribution in [3.63, 3.8) is 0 Å². The number of carbonyl (C=O) groups excluding carboxylic acids is 1. The topological polar surface area (TPSA) is 150 Å². The largest absolute Gasteiger partial charge is 0.488 e. The van der Waals surface area contributed by atoms with Gasteiger partial charge < -0.3 is 15.0 Å². The minimum absolute atomic E-state index is 0.197. The first-order chi connectivity index (χ1) is 23.9. The van der Waals surface area contributed by atoms with E-state index >= 15 is 0 Å². The number of hydrogen-bond acceptors (Lipinski definition) is 7. The van der Waals surface area contributed by atoms with Crippen LogP contribution in [0.1, 0.15) is 54.9 Å². The molecule has 0 aromatic heterocycles. The third-order valence-electron chi connectivity index (χ3n) is 8.67. The van der Waals surface area contributed by atoms with Gasteiger partial charge >= 0.3 is 0 Å². The second-order valence-corrected chi connectivity index (χ2v) is 15.1. The average Bonchev–Trinajstić information content (AvgIpc) is 3.53. The molecule has 0 saturated heterocycles. The van der Waals surface area contributed by atoms with Gasteiger partial charge in [0.15, 0.2) is 0 Å². The highest BCUT2D eigenvalue weighted by Gasteiger charge is 2.30. The summed E-state index contributed by atoms with van der Waals surface area (Å²) in [4.78, 5) is 16.0. The summed E-state index contributed by atoms with van der Waals surface area (Å²) in [7, 11) is -6.86. The van der Waals surface area contributed by atoms with E-state index in [0.29, 0.717) is 48.5 Å². The number of hydrogen-bond donors (Lipinski definition) is 3. The Bertz CT molecular complexity index is 2240. The highest BCUT2D eigenvalue weighted by Crippen LogP contribution is 2.34. The van der Waals surface area contributed by atoms with E-state index < -0.39 is 20.2 Å². The lowest BCUT2D eigenvalue weighted by Gasteiger charge is -2.22. The number of amides is 1. The number of benzene rings is 5. The molecule has 0 spiro atoms. The Balaban J connectivity index is 1.43. The van der Waals surface area contributed by atoms with E-state index in [2.05, 4.69) is 11.4 Å². The molecule has 5 aromatic rings. The van der Waals surface area contributed by atoms with Crippen molar-refractivity contribution in [3.05, 3.63) is 159 Å². The molecule has 5 aromatic carbocycles. The van der Waals surface area contributed by atoms with Crippen LogP contribution >= 0.6 is 0 Å². The fraction of sp³-hybridized carbons (Fsp3) is 0.184. The molecule has 0 saturated carbocycles.